The normalized spacial score (nSPS) is 19.2. The maximum Gasteiger partial charge on any atom is 0.257 e. The van der Waals surface area contributed by atoms with Crippen molar-refractivity contribution in [2.75, 3.05) is 31.6 Å². The number of piperidine rings is 1. The van der Waals surface area contributed by atoms with Crippen molar-refractivity contribution in [2.24, 2.45) is 11.8 Å². The van der Waals surface area contributed by atoms with Gasteiger partial charge in [0.05, 0.1) is 22.9 Å². The molecule has 1 aromatic heterocycles. The molecule has 2 aromatic rings. The number of rotatable bonds is 4. The van der Waals surface area contributed by atoms with Crippen LogP contribution in [0.25, 0.3) is 11.3 Å². The molecule has 3 rings (SSSR count). The monoisotopic (exact) mass is 377 g/mol. The minimum Gasteiger partial charge on any atom is -0.344 e. The van der Waals surface area contributed by atoms with E-state index in [4.69, 9.17) is 10.2 Å². The average Bonchev–Trinajstić information content (AvgIpc) is 2.71. The van der Waals surface area contributed by atoms with Gasteiger partial charge in [0.15, 0.2) is 0 Å². The Labute approximate surface area is 166 Å². The quantitative estimate of drug-likeness (QED) is 0.814. The van der Waals surface area contributed by atoms with E-state index in [0.29, 0.717) is 34.6 Å². The van der Waals surface area contributed by atoms with Gasteiger partial charge in [-0.25, -0.2) is 9.97 Å². The zero-order valence-corrected chi connectivity index (χ0v) is 17.0. The lowest BCUT2D eigenvalue weighted by Gasteiger charge is -2.35. The van der Waals surface area contributed by atoms with Gasteiger partial charge in [0.1, 0.15) is 0 Å². The number of nitriles is 1. The molecule has 0 spiro atoms. The molecule has 1 aromatic carbocycles. The Morgan fingerprint density at radius 3 is 2.46 bits per heavy atom. The maximum atomic E-state index is 13.3. The van der Waals surface area contributed by atoms with Crippen molar-refractivity contribution in [1.82, 2.24) is 14.9 Å². The second kappa shape index (κ2) is 8.39. The fraction of sp³-hybridized carbons (Fsp3) is 0.455. The minimum atomic E-state index is -0.0246. The lowest BCUT2D eigenvalue weighted by Crippen LogP contribution is -2.42. The van der Waals surface area contributed by atoms with E-state index in [-0.39, 0.29) is 5.91 Å². The molecule has 0 bridgehead atoms. The molecule has 1 aliphatic rings. The van der Waals surface area contributed by atoms with E-state index in [1.807, 2.05) is 35.9 Å². The molecule has 0 saturated carbocycles. The van der Waals surface area contributed by atoms with Gasteiger partial charge in [0.2, 0.25) is 5.95 Å². The van der Waals surface area contributed by atoms with Crippen LogP contribution in [0.2, 0.25) is 0 Å². The molecule has 1 fully saturated rings. The first-order valence-corrected chi connectivity index (χ1v) is 9.80. The molecule has 1 aliphatic heterocycles. The van der Waals surface area contributed by atoms with Crippen LogP contribution in [-0.4, -0.2) is 47.5 Å². The van der Waals surface area contributed by atoms with Gasteiger partial charge in [-0.2, -0.15) is 5.26 Å². The molecular formula is C22H27N5O. The largest absolute Gasteiger partial charge is 0.344 e. The number of aromatic nitrogens is 2. The highest BCUT2D eigenvalue weighted by Crippen LogP contribution is 2.28. The number of nitrogens with zero attached hydrogens (tertiary/aromatic N) is 5. The summed E-state index contributed by atoms with van der Waals surface area (Å²) in [6.07, 6.45) is 2.79. The Bertz CT molecular complexity index is 877. The van der Waals surface area contributed by atoms with Crippen LogP contribution in [-0.2, 0) is 0 Å². The number of amides is 1. The minimum absolute atomic E-state index is 0.0246. The van der Waals surface area contributed by atoms with E-state index in [9.17, 15) is 4.79 Å². The van der Waals surface area contributed by atoms with Crippen LogP contribution in [0.1, 0.15) is 43.1 Å². The van der Waals surface area contributed by atoms with Crippen LogP contribution >= 0.6 is 0 Å². The molecule has 6 nitrogen and oxygen atoms in total. The van der Waals surface area contributed by atoms with Crippen molar-refractivity contribution in [3.63, 3.8) is 0 Å². The predicted octanol–water partition coefficient (Wildman–Crippen LogP) is 3.59. The molecule has 2 heterocycles. The molecule has 2 unspecified atom stereocenters. The molecule has 6 heteroatoms. The zero-order chi connectivity index (χ0) is 20.3. The Hall–Kier alpha value is -2.94. The molecule has 2 atom stereocenters. The van der Waals surface area contributed by atoms with Crippen molar-refractivity contribution in [3.05, 3.63) is 41.6 Å². The Balaban J connectivity index is 2.04. The summed E-state index contributed by atoms with van der Waals surface area (Å²) < 4.78 is 0. The third-order valence-electron chi connectivity index (χ3n) is 5.27. The molecule has 0 N–H and O–H groups in total. The highest BCUT2D eigenvalue weighted by molar-refractivity contribution is 6.00. The number of carbonyl (C=O) groups excluding carboxylic acids is 1. The highest BCUT2D eigenvalue weighted by Gasteiger charge is 2.28. The van der Waals surface area contributed by atoms with Crippen molar-refractivity contribution in [2.45, 2.75) is 27.2 Å². The number of anilines is 1. The standard InChI is InChI=1S/C22H27N5O/c1-5-26(4)22-24-12-19(21(28)27-13-15(2)10-16(3)14-27)20(25-22)18-8-6-17(11-23)7-9-18/h6-9,12,15-16H,5,10,13-14H2,1-4H3. The lowest BCUT2D eigenvalue weighted by molar-refractivity contribution is 0.0623. The van der Waals surface area contributed by atoms with Gasteiger partial charge in [-0.15, -0.1) is 0 Å². The molecule has 0 aliphatic carbocycles. The van der Waals surface area contributed by atoms with E-state index in [1.165, 1.54) is 0 Å². The zero-order valence-electron chi connectivity index (χ0n) is 17.0. The smallest absolute Gasteiger partial charge is 0.257 e. The summed E-state index contributed by atoms with van der Waals surface area (Å²) >= 11 is 0. The summed E-state index contributed by atoms with van der Waals surface area (Å²) in [5.74, 6) is 1.53. The first-order chi connectivity index (χ1) is 13.4. The van der Waals surface area contributed by atoms with Crippen molar-refractivity contribution >= 4 is 11.9 Å². The number of hydrogen-bond acceptors (Lipinski definition) is 5. The van der Waals surface area contributed by atoms with Gasteiger partial charge in [-0.3, -0.25) is 4.79 Å². The molecular weight excluding hydrogens is 350 g/mol. The van der Waals surface area contributed by atoms with Crippen LogP contribution < -0.4 is 4.90 Å². The Morgan fingerprint density at radius 1 is 1.25 bits per heavy atom. The fourth-order valence-corrected chi connectivity index (χ4v) is 3.78. The molecule has 0 radical (unpaired) electrons. The molecule has 1 amide bonds. The Kier molecular flexibility index (Phi) is 5.93. The Morgan fingerprint density at radius 2 is 1.89 bits per heavy atom. The molecule has 1 saturated heterocycles. The first kappa shape index (κ1) is 19.8. The first-order valence-electron chi connectivity index (χ1n) is 9.80. The van der Waals surface area contributed by atoms with Crippen molar-refractivity contribution < 1.29 is 4.79 Å². The van der Waals surface area contributed by atoms with Crippen LogP contribution in [0.5, 0.6) is 0 Å². The summed E-state index contributed by atoms with van der Waals surface area (Å²) in [5, 5.41) is 9.07. The van der Waals surface area contributed by atoms with E-state index in [1.54, 1.807) is 18.3 Å². The number of likely N-dealkylation sites (tertiary alicyclic amines) is 1. The van der Waals surface area contributed by atoms with E-state index < -0.39 is 0 Å². The van der Waals surface area contributed by atoms with Crippen molar-refractivity contribution in [1.29, 1.82) is 5.26 Å². The van der Waals surface area contributed by atoms with Gasteiger partial charge >= 0.3 is 0 Å². The van der Waals surface area contributed by atoms with Gasteiger partial charge in [-0.05, 0) is 37.3 Å². The summed E-state index contributed by atoms with van der Waals surface area (Å²) in [6.45, 7) is 8.68. The number of hydrogen-bond donors (Lipinski definition) is 0. The van der Waals surface area contributed by atoms with E-state index in [2.05, 4.69) is 24.9 Å². The fourth-order valence-electron chi connectivity index (χ4n) is 3.78. The van der Waals surface area contributed by atoms with Crippen LogP contribution in [0.3, 0.4) is 0 Å². The second-order valence-corrected chi connectivity index (χ2v) is 7.79. The summed E-state index contributed by atoms with van der Waals surface area (Å²) in [6, 6.07) is 9.31. The number of benzene rings is 1. The van der Waals surface area contributed by atoms with Crippen LogP contribution in [0.15, 0.2) is 30.5 Å². The highest BCUT2D eigenvalue weighted by atomic mass is 16.2. The van der Waals surface area contributed by atoms with Crippen LogP contribution in [0, 0.1) is 23.2 Å². The average molecular weight is 377 g/mol. The molecule has 146 valence electrons. The second-order valence-electron chi connectivity index (χ2n) is 7.79. The maximum absolute atomic E-state index is 13.3. The summed E-state index contributed by atoms with van der Waals surface area (Å²) in [4.78, 5) is 26.3. The lowest BCUT2D eigenvalue weighted by atomic mass is 9.91. The van der Waals surface area contributed by atoms with E-state index >= 15 is 0 Å². The van der Waals surface area contributed by atoms with Gasteiger partial charge < -0.3 is 9.80 Å². The third kappa shape index (κ3) is 4.14. The van der Waals surface area contributed by atoms with Gasteiger partial charge in [-0.1, -0.05) is 26.0 Å². The number of carbonyl (C=O) groups is 1. The van der Waals surface area contributed by atoms with E-state index in [0.717, 1.165) is 31.6 Å². The SMILES string of the molecule is CCN(C)c1ncc(C(=O)N2CC(C)CC(C)C2)c(-c2ccc(C#N)cc2)n1. The summed E-state index contributed by atoms with van der Waals surface area (Å²) in [5.41, 5.74) is 2.52. The summed E-state index contributed by atoms with van der Waals surface area (Å²) in [7, 11) is 1.92. The van der Waals surface area contributed by atoms with Gasteiger partial charge in [0.25, 0.3) is 5.91 Å². The van der Waals surface area contributed by atoms with Gasteiger partial charge in [0, 0.05) is 38.4 Å². The topological polar surface area (TPSA) is 73.1 Å². The van der Waals surface area contributed by atoms with Crippen LogP contribution in [0.4, 0.5) is 5.95 Å². The van der Waals surface area contributed by atoms with Crippen molar-refractivity contribution in [3.8, 4) is 17.3 Å². The molecule has 28 heavy (non-hydrogen) atoms. The third-order valence-corrected chi connectivity index (χ3v) is 5.27. The predicted molar refractivity (Wildman–Crippen MR) is 110 cm³/mol.